The van der Waals surface area contributed by atoms with Gasteiger partial charge in [0.1, 0.15) is 23.7 Å². The summed E-state index contributed by atoms with van der Waals surface area (Å²) in [6.07, 6.45) is -1.00. The molecule has 2 aliphatic rings. The molecule has 0 atom stereocenters. The van der Waals surface area contributed by atoms with Gasteiger partial charge in [-0.05, 0) is 25.0 Å². The Kier molecular flexibility index (Phi) is 4.90. The number of pyridine rings is 1. The first-order valence-corrected chi connectivity index (χ1v) is 10.2. The average molecular weight is 453 g/mol. The van der Waals surface area contributed by atoms with Gasteiger partial charge in [-0.15, -0.1) is 0 Å². The van der Waals surface area contributed by atoms with Gasteiger partial charge in [-0.25, -0.2) is 28.4 Å². The predicted molar refractivity (Wildman–Crippen MR) is 107 cm³/mol. The third-order valence-electron chi connectivity index (χ3n) is 6.24. The van der Waals surface area contributed by atoms with E-state index in [9.17, 15) is 22.0 Å². The molecule has 0 aliphatic carbocycles. The summed E-state index contributed by atoms with van der Waals surface area (Å²) in [4.78, 5) is 16.8. The molecule has 1 spiro atoms. The van der Waals surface area contributed by atoms with E-state index in [1.54, 1.807) is 6.20 Å². The van der Waals surface area contributed by atoms with Gasteiger partial charge in [-0.3, -0.25) is 0 Å². The number of nitrogens with zero attached hydrogens (tertiary/aromatic N) is 7. The molecule has 2 fully saturated rings. The summed E-state index contributed by atoms with van der Waals surface area (Å²) in [7, 11) is 0. The van der Waals surface area contributed by atoms with Crippen LogP contribution < -0.4 is 9.80 Å². The van der Waals surface area contributed by atoms with Gasteiger partial charge in [0.2, 0.25) is 0 Å². The highest BCUT2D eigenvalue weighted by Crippen LogP contribution is 2.43. The molecule has 170 valence electrons. The zero-order valence-corrected chi connectivity index (χ0v) is 16.9. The van der Waals surface area contributed by atoms with E-state index in [-0.39, 0.29) is 5.41 Å². The van der Waals surface area contributed by atoms with E-state index in [0.717, 1.165) is 29.7 Å². The Morgan fingerprint density at radius 3 is 2.44 bits per heavy atom. The highest BCUT2D eigenvalue weighted by Gasteiger charge is 2.46. The molecule has 0 saturated carbocycles. The van der Waals surface area contributed by atoms with Crippen LogP contribution in [0.5, 0.6) is 0 Å². The minimum absolute atomic E-state index is 0.0292. The van der Waals surface area contributed by atoms with Gasteiger partial charge < -0.3 is 9.80 Å². The van der Waals surface area contributed by atoms with Crippen molar-refractivity contribution in [2.75, 3.05) is 36.0 Å². The average Bonchev–Trinajstić information content (AvgIpc) is 3.13. The molecule has 0 bridgehead atoms. The molecule has 32 heavy (non-hydrogen) atoms. The highest BCUT2D eigenvalue weighted by molar-refractivity contribution is 5.71. The molecular formula is C20H20F5N7. The third kappa shape index (κ3) is 3.82. The predicted octanol–water partition coefficient (Wildman–Crippen LogP) is 3.61. The van der Waals surface area contributed by atoms with Crippen LogP contribution in [0.25, 0.3) is 11.2 Å². The van der Waals surface area contributed by atoms with Crippen molar-refractivity contribution in [3.8, 4) is 0 Å². The van der Waals surface area contributed by atoms with Crippen LogP contribution in [-0.2, 0) is 12.7 Å². The second kappa shape index (κ2) is 7.52. The van der Waals surface area contributed by atoms with E-state index in [1.807, 2.05) is 4.90 Å². The fourth-order valence-corrected chi connectivity index (χ4v) is 4.48. The maximum Gasteiger partial charge on any atom is 0.416 e. The first-order chi connectivity index (χ1) is 15.2. The molecule has 12 heteroatoms. The van der Waals surface area contributed by atoms with E-state index in [0.29, 0.717) is 49.0 Å². The topological polar surface area (TPSA) is 63.0 Å². The highest BCUT2D eigenvalue weighted by atomic mass is 19.4. The lowest BCUT2D eigenvalue weighted by molar-refractivity contribution is -0.137. The van der Waals surface area contributed by atoms with E-state index in [1.165, 1.54) is 12.4 Å². The summed E-state index contributed by atoms with van der Waals surface area (Å²) in [5.41, 5.74) is 0.124. The number of piperidine rings is 1. The first-order valence-electron chi connectivity index (χ1n) is 10.2. The Bertz CT molecular complexity index is 1110. The number of anilines is 2. The second-order valence-electron chi connectivity index (χ2n) is 8.40. The summed E-state index contributed by atoms with van der Waals surface area (Å²) >= 11 is 0. The summed E-state index contributed by atoms with van der Waals surface area (Å²) in [6, 6.07) is 2.07. The maximum absolute atomic E-state index is 13.0. The molecule has 0 aromatic carbocycles. The molecule has 0 unspecified atom stereocenters. The van der Waals surface area contributed by atoms with Crippen molar-refractivity contribution in [3.63, 3.8) is 0 Å². The first kappa shape index (κ1) is 20.8. The van der Waals surface area contributed by atoms with Crippen LogP contribution in [0.1, 0.15) is 18.4 Å². The number of fused-ring (bicyclic) bond motifs is 1. The smallest absolute Gasteiger partial charge is 0.355 e. The standard InChI is InChI=1S/C20H20F5N7/c21-15(22)10-32-18-14(8-28-32)27-9-17(29-18)30-5-2-19(3-6-30)11-31(12-19)16-7-13(1-4-26-16)20(23,24)25/h1,4,7-9,15H,2-3,5-6,10-12H2. The lowest BCUT2D eigenvalue weighted by Crippen LogP contribution is -2.60. The lowest BCUT2D eigenvalue weighted by atomic mass is 9.72. The number of aromatic nitrogens is 5. The summed E-state index contributed by atoms with van der Waals surface area (Å²) in [5.74, 6) is 0.954. The third-order valence-corrected chi connectivity index (χ3v) is 6.24. The normalized spacial score (nSPS) is 18.6. The van der Waals surface area contributed by atoms with Crippen molar-refractivity contribution in [1.29, 1.82) is 0 Å². The maximum atomic E-state index is 13.0. The molecule has 2 saturated heterocycles. The summed E-state index contributed by atoms with van der Waals surface area (Å²) < 4.78 is 65.6. The van der Waals surface area contributed by atoms with Crippen molar-refractivity contribution in [3.05, 3.63) is 36.3 Å². The van der Waals surface area contributed by atoms with E-state index in [2.05, 4.69) is 25.0 Å². The Hall–Kier alpha value is -3.05. The Labute approximate surface area is 179 Å². The van der Waals surface area contributed by atoms with Gasteiger partial charge in [0.05, 0.1) is 18.0 Å². The van der Waals surface area contributed by atoms with Gasteiger partial charge >= 0.3 is 6.18 Å². The Morgan fingerprint density at radius 2 is 1.75 bits per heavy atom. The second-order valence-corrected chi connectivity index (χ2v) is 8.40. The number of hydrogen-bond donors (Lipinski definition) is 0. The zero-order chi connectivity index (χ0) is 22.5. The van der Waals surface area contributed by atoms with Crippen LogP contribution in [0.3, 0.4) is 0 Å². The number of rotatable bonds is 4. The van der Waals surface area contributed by atoms with Gasteiger partial charge in [0, 0.05) is 37.8 Å². The van der Waals surface area contributed by atoms with Crippen LogP contribution in [0.4, 0.5) is 33.6 Å². The van der Waals surface area contributed by atoms with Crippen molar-refractivity contribution < 1.29 is 22.0 Å². The summed E-state index contributed by atoms with van der Waals surface area (Å²) in [5, 5.41) is 3.94. The fraction of sp³-hybridized carbons (Fsp3) is 0.500. The fourth-order valence-electron chi connectivity index (χ4n) is 4.48. The number of alkyl halides is 5. The van der Waals surface area contributed by atoms with E-state index in [4.69, 9.17) is 0 Å². The van der Waals surface area contributed by atoms with Crippen molar-refractivity contribution >= 4 is 22.8 Å². The molecule has 5 heterocycles. The Morgan fingerprint density at radius 1 is 1.00 bits per heavy atom. The quantitative estimate of drug-likeness (QED) is 0.563. The van der Waals surface area contributed by atoms with Crippen molar-refractivity contribution in [2.24, 2.45) is 5.41 Å². The molecule has 0 radical (unpaired) electrons. The van der Waals surface area contributed by atoms with Crippen LogP contribution >= 0.6 is 0 Å². The lowest BCUT2D eigenvalue weighted by Gasteiger charge is -2.54. The van der Waals surface area contributed by atoms with Gasteiger partial charge in [0.25, 0.3) is 6.43 Å². The van der Waals surface area contributed by atoms with Crippen LogP contribution in [0.2, 0.25) is 0 Å². The summed E-state index contributed by atoms with van der Waals surface area (Å²) in [6.45, 7) is 2.17. The zero-order valence-electron chi connectivity index (χ0n) is 16.9. The molecule has 0 N–H and O–H groups in total. The molecule has 5 rings (SSSR count). The largest absolute Gasteiger partial charge is 0.416 e. The van der Waals surface area contributed by atoms with Crippen molar-refractivity contribution in [2.45, 2.75) is 32.0 Å². The molecule has 7 nitrogen and oxygen atoms in total. The van der Waals surface area contributed by atoms with Crippen LogP contribution in [-0.4, -0.2) is 57.3 Å². The molecule has 3 aromatic rings. The SMILES string of the molecule is FC(F)Cn1ncc2ncc(N3CCC4(CC3)CN(c3cc(C(F)(F)F)ccn3)C4)nc21. The molecule has 0 amide bonds. The number of halogens is 5. The number of hydrogen-bond acceptors (Lipinski definition) is 6. The van der Waals surface area contributed by atoms with Gasteiger partial charge in [-0.2, -0.15) is 18.3 Å². The van der Waals surface area contributed by atoms with Gasteiger partial charge in [0.15, 0.2) is 5.65 Å². The van der Waals surface area contributed by atoms with Gasteiger partial charge in [-0.1, -0.05) is 0 Å². The van der Waals surface area contributed by atoms with Crippen molar-refractivity contribution in [1.82, 2.24) is 24.7 Å². The monoisotopic (exact) mass is 453 g/mol. The molecular weight excluding hydrogens is 433 g/mol. The van der Waals surface area contributed by atoms with Crippen LogP contribution in [0.15, 0.2) is 30.7 Å². The molecule has 2 aliphatic heterocycles. The van der Waals surface area contributed by atoms with E-state index >= 15 is 0 Å². The van der Waals surface area contributed by atoms with Crippen LogP contribution in [0, 0.1) is 5.41 Å². The molecule has 3 aromatic heterocycles. The minimum atomic E-state index is -4.39. The minimum Gasteiger partial charge on any atom is -0.355 e. The van der Waals surface area contributed by atoms with E-state index < -0.39 is 24.7 Å². The Balaban J connectivity index is 1.24.